The lowest BCUT2D eigenvalue weighted by molar-refractivity contribution is -0.274. The van der Waals surface area contributed by atoms with Gasteiger partial charge in [0.05, 0.1) is 23.1 Å². The molecule has 0 spiro atoms. The molecule has 0 amide bonds. The molecular formula is C20H14F4N4O. The molecule has 0 unspecified atom stereocenters. The van der Waals surface area contributed by atoms with Crippen LogP contribution in [-0.2, 0) is 0 Å². The lowest BCUT2D eigenvalue weighted by Gasteiger charge is -2.11. The summed E-state index contributed by atoms with van der Waals surface area (Å²) in [7, 11) is 1.68. The summed E-state index contributed by atoms with van der Waals surface area (Å²) in [6.07, 6.45) is -3.27. The number of benzene rings is 2. The largest absolute Gasteiger partial charge is 0.573 e. The maximum atomic E-state index is 13.7. The number of hydrogen-bond donors (Lipinski definition) is 1. The number of imidazole rings is 1. The van der Waals surface area contributed by atoms with Gasteiger partial charge in [-0.25, -0.2) is 9.37 Å². The Hall–Kier alpha value is -3.62. The number of anilines is 1. The fraction of sp³-hybridized carbons (Fsp3) is 0.100. The SMILES string of the molecule is CNc1nc2cnc(-c3cccc(OC(F)(F)F)c3)cc2n1-c1cccc(F)c1. The van der Waals surface area contributed by atoms with Crippen molar-refractivity contribution in [2.45, 2.75) is 6.36 Å². The smallest absolute Gasteiger partial charge is 0.406 e. The second-order valence-electron chi connectivity index (χ2n) is 6.13. The number of fused-ring (bicyclic) bond motifs is 1. The molecule has 0 aliphatic rings. The van der Waals surface area contributed by atoms with Gasteiger partial charge < -0.3 is 10.1 Å². The third-order valence-corrected chi connectivity index (χ3v) is 4.19. The second-order valence-corrected chi connectivity index (χ2v) is 6.13. The normalized spacial score (nSPS) is 11.6. The van der Waals surface area contributed by atoms with E-state index >= 15 is 0 Å². The van der Waals surface area contributed by atoms with Crippen molar-refractivity contribution in [2.75, 3.05) is 12.4 Å². The average molecular weight is 402 g/mol. The van der Waals surface area contributed by atoms with E-state index in [9.17, 15) is 17.6 Å². The number of hydrogen-bond acceptors (Lipinski definition) is 4. The van der Waals surface area contributed by atoms with Crippen LogP contribution >= 0.6 is 0 Å². The average Bonchev–Trinajstić information content (AvgIpc) is 3.04. The van der Waals surface area contributed by atoms with Crippen molar-refractivity contribution in [3.8, 4) is 22.7 Å². The molecule has 0 saturated carbocycles. The Morgan fingerprint density at radius 2 is 1.83 bits per heavy atom. The number of rotatable bonds is 4. The van der Waals surface area contributed by atoms with Gasteiger partial charge in [0.1, 0.15) is 17.1 Å². The Morgan fingerprint density at radius 3 is 2.55 bits per heavy atom. The molecule has 2 heterocycles. The van der Waals surface area contributed by atoms with E-state index in [0.717, 1.165) is 0 Å². The summed E-state index contributed by atoms with van der Waals surface area (Å²) in [5.41, 5.74) is 2.57. The summed E-state index contributed by atoms with van der Waals surface area (Å²) in [6, 6.07) is 13.2. The Balaban J connectivity index is 1.84. The van der Waals surface area contributed by atoms with E-state index in [-0.39, 0.29) is 5.75 Å². The van der Waals surface area contributed by atoms with Crippen molar-refractivity contribution in [2.24, 2.45) is 0 Å². The summed E-state index contributed by atoms with van der Waals surface area (Å²) in [4.78, 5) is 8.73. The Bertz CT molecular complexity index is 1190. The molecule has 0 fully saturated rings. The molecule has 0 bridgehead atoms. The van der Waals surface area contributed by atoms with E-state index in [4.69, 9.17) is 0 Å². The highest BCUT2D eigenvalue weighted by atomic mass is 19.4. The molecular weight excluding hydrogens is 388 g/mol. The maximum Gasteiger partial charge on any atom is 0.573 e. The van der Waals surface area contributed by atoms with Gasteiger partial charge in [0.25, 0.3) is 0 Å². The molecule has 0 saturated heterocycles. The van der Waals surface area contributed by atoms with Gasteiger partial charge in [0, 0.05) is 12.6 Å². The summed E-state index contributed by atoms with van der Waals surface area (Å²) < 4.78 is 57.0. The van der Waals surface area contributed by atoms with Crippen molar-refractivity contribution in [3.05, 3.63) is 66.6 Å². The number of halogens is 4. The van der Waals surface area contributed by atoms with E-state index in [1.54, 1.807) is 35.9 Å². The van der Waals surface area contributed by atoms with Gasteiger partial charge in [-0.05, 0) is 36.4 Å². The van der Waals surface area contributed by atoms with Crippen LogP contribution in [0.2, 0.25) is 0 Å². The number of aromatic nitrogens is 3. The van der Waals surface area contributed by atoms with Crippen LogP contribution in [0.25, 0.3) is 28.0 Å². The fourth-order valence-corrected chi connectivity index (χ4v) is 3.04. The molecule has 0 aliphatic heterocycles. The van der Waals surface area contributed by atoms with Crippen LogP contribution in [0.5, 0.6) is 5.75 Å². The number of alkyl halides is 3. The minimum absolute atomic E-state index is 0.341. The van der Waals surface area contributed by atoms with E-state index in [1.165, 1.54) is 36.5 Å². The second kappa shape index (κ2) is 7.08. The summed E-state index contributed by atoms with van der Waals surface area (Å²) >= 11 is 0. The molecule has 148 valence electrons. The molecule has 29 heavy (non-hydrogen) atoms. The van der Waals surface area contributed by atoms with Gasteiger partial charge >= 0.3 is 6.36 Å². The first-order valence-corrected chi connectivity index (χ1v) is 8.52. The van der Waals surface area contributed by atoms with Crippen LogP contribution in [0.1, 0.15) is 0 Å². The van der Waals surface area contributed by atoms with Crippen molar-refractivity contribution in [1.29, 1.82) is 0 Å². The topological polar surface area (TPSA) is 52.0 Å². The molecule has 9 heteroatoms. The van der Waals surface area contributed by atoms with Crippen LogP contribution < -0.4 is 10.1 Å². The van der Waals surface area contributed by atoms with Crippen LogP contribution in [0, 0.1) is 5.82 Å². The molecule has 0 aliphatic carbocycles. The maximum absolute atomic E-state index is 13.7. The number of nitrogens with zero attached hydrogens (tertiary/aromatic N) is 3. The highest BCUT2D eigenvalue weighted by Crippen LogP contribution is 2.30. The monoisotopic (exact) mass is 402 g/mol. The molecule has 2 aromatic heterocycles. The highest BCUT2D eigenvalue weighted by Gasteiger charge is 2.31. The molecule has 0 radical (unpaired) electrons. The van der Waals surface area contributed by atoms with E-state index in [0.29, 0.717) is 33.9 Å². The highest BCUT2D eigenvalue weighted by molar-refractivity contribution is 5.84. The van der Waals surface area contributed by atoms with E-state index in [1.807, 2.05) is 0 Å². The lowest BCUT2D eigenvalue weighted by atomic mass is 10.1. The zero-order valence-electron chi connectivity index (χ0n) is 15.0. The number of ether oxygens (including phenoxy) is 1. The van der Waals surface area contributed by atoms with Crippen molar-refractivity contribution < 1.29 is 22.3 Å². The molecule has 5 nitrogen and oxygen atoms in total. The van der Waals surface area contributed by atoms with Crippen molar-refractivity contribution in [1.82, 2.24) is 14.5 Å². The van der Waals surface area contributed by atoms with Crippen LogP contribution in [0.3, 0.4) is 0 Å². The number of pyridine rings is 1. The van der Waals surface area contributed by atoms with Crippen molar-refractivity contribution in [3.63, 3.8) is 0 Å². The first-order chi connectivity index (χ1) is 13.8. The molecule has 1 N–H and O–H groups in total. The molecule has 4 aromatic rings. The minimum atomic E-state index is -4.78. The van der Waals surface area contributed by atoms with Gasteiger partial charge in [-0.2, -0.15) is 0 Å². The molecule has 0 atom stereocenters. The zero-order chi connectivity index (χ0) is 20.6. The summed E-state index contributed by atoms with van der Waals surface area (Å²) in [5.74, 6) is -0.275. The zero-order valence-corrected chi connectivity index (χ0v) is 15.0. The van der Waals surface area contributed by atoms with Gasteiger partial charge in [-0.3, -0.25) is 9.55 Å². The Morgan fingerprint density at radius 1 is 1.03 bits per heavy atom. The molecule has 2 aromatic carbocycles. The lowest BCUT2D eigenvalue weighted by Crippen LogP contribution is -2.17. The van der Waals surface area contributed by atoms with Gasteiger partial charge in [0.2, 0.25) is 5.95 Å². The van der Waals surface area contributed by atoms with E-state index in [2.05, 4.69) is 20.0 Å². The first-order valence-electron chi connectivity index (χ1n) is 8.52. The third-order valence-electron chi connectivity index (χ3n) is 4.19. The standard InChI is InChI=1S/C20H14F4N4O/c1-25-19-27-17-11-26-16(12-4-2-7-15(8-12)29-20(22,23)24)10-18(17)28(19)14-6-3-5-13(21)9-14/h2-11H,1H3,(H,25,27). The Kier molecular flexibility index (Phi) is 4.57. The van der Waals surface area contributed by atoms with Gasteiger partial charge in [-0.1, -0.05) is 18.2 Å². The minimum Gasteiger partial charge on any atom is -0.406 e. The van der Waals surface area contributed by atoms with Crippen LogP contribution in [0.4, 0.5) is 23.5 Å². The fourth-order valence-electron chi connectivity index (χ4n) is 3.04. The third kappa shape index (κ3) is 3.84. The quantitative estimate of drug-likeness (QED) is 0.479. The van der Waals surface area contributed by atoms with Crippen molar-refractivity contribution >= 4 is 17.0 Å². The van der Waals surface area contributed by atoms with Crippen LogP contribution in [0.15, 0.2) is 60.8 Å². The first kappa shape index (κ1) is 18.7. The number of nitrogens with one attached hydrogen (secondary N) is 1. The Labute approximate surface area is 162 Å². The summed E-state index contributed by atoms with van der Waals surface area (Å²) in [6.45, 7) is 0. The molecule has 4 rings (SSSR count). The van der Waals surface area contributed by atoms with Crippen LogP contribution in [-0.4, -0.2) is 27.9 Å². The summed E-state index contributed by atoms with van der Waals surface area (Å²) in [5, 5.41) is 2.95. The predicted octanol–water partition coefficient (Wildman–Crippen LogP) is 5.17. The van der Waals surface area contributed by atoms with Gasteiger partial charge in [-0.15, -0.1) is 13.2 Å². The predicted molar refractivity (Wildman–Crippen MR) is 100 cm³/mol. The van der Waals surface area contributed by atoms with E-state index < -0.39 is 12.2 Å². The van der Waals surface area contributed by atoms with Gasteiger partial charge in [0.15, 0.2) is 0 Å².